The first kappa shape index (κ1) is 7.24. The second-order valence-electron chi connectivity index (χ2n) is 2.73. The Morgan fingerprint density at radius 1 is 1.42 bits per heavy atom. The molecule has 0 saturated heterocycles. The summed E-state index contributed by atoms with van der Waals surface area (Å²) >= 11 is 0. The summed E-state index contributed by atoms with van der Waals surface area (Å²) in [7, 11) is 0. The molecule has 0 amide bonds. The van der Waals surface area contributed by atoms with Gasteiger partial charge in [0.15, 0.2) is 0 Å². The van der Waals surface area contributed by atoms with Crippen LogP contribution in [0.5, 0.6) is 0 Å². The predicted octanol–water partition coefficient (Wildman–Crippen LogP) is 0.0638. The van der Waals surface area contributed by atoms with Gasteiger partial charge in [0, 0.05) is 24.4 Å². The van der Waals surface area contributed by atoms with E-state index in [1.165, 1.54) is 0 Å². The second kappa shape index (κ2) is 2.91. The molecule has 2 heterocycles. The molecule has 1 aliphatic heterocycles. The number of nitrogens with two attached hydrogens (primary N) is 1. The van der Waals surface area contributed by atoms with Gasteiger partial charge in [-0.15, -0.1) is 0 Å². The summed E-state index contributed by atoms with van der Waals surface area (Å²) < 4.78 is 0. The van der Waals surface area contributed by atoms with E-state index in [1.807, 2.05) is 12.1 Å². The fourth-order valence-electron chi connectivity index (χ4n) is 1.19. The highest BCUT2D eigenvalue weighted by molar-refractivity contribution is 6.01. The largest absolute Gasteiger partial charge is 0.310 e. The molecule has 62 valence electrons. The molecule has 1 aliphatic rings. The van der Waals surface area contributed by atoms with E-state index in [2.05, 4.69) is 15.5 Å². The maximum atomic E-state index is 5.62. The summed E-state index contributed by atoms with van der Waals surface area (Å²) in [4.78, 5) is 3.93. The van der Waals surface area contributed by atoms with Crippen molar-refractivity contribution in [3.8, 4) is 0 Å². The number of nitrogens with one attached hydrogen (secondary N) is 1. The lowest BCUT2D eigenvalue weighted by Crippen LogP contribution is -2.29. The third-order valence-corrected chi connectivity index (χ3v) is 1.79. The highest BCUT2D eigenvalue weighted by atomic mass is 15.4. The summed E-state index contributed by atoms with van der Waals surface area (Å²) in [5.74, 6) is 0. The molecule has 1 aromatic rings. The first-order valence-electron chi connectivity index (χ1n) is 3.84. The van der Waals surface area contributed by atoms with E-state index in [-0.39, 0.29) is 6.17 Å². The van der Waals surface area contributed by atoms with Crippen LogP contribution in [0.1, 0.15) is 12.0 Å². The maximum absolute atomic E-state index is 5.62. The SMILES string of the molecule is NC1CC(c2ccncc2)=NN1. The predicted molar refractivity (Wildman–Crippen MR) is 46.5 cm³/mol. The minimum atomic E-state index is -0.0341. The van der Waals surface area contributed by atoms with E-state index < -0.39 is 0 Å². The van der Waals surface area contributed by atoms with Crippen LogP contribution in [0.3, 0.4) is 0 Å². The first-order chi connectivity index (χ1) is 5.86. The molecular weight excluding hydrogens is 152 g/mol. The van der Waals surface area contributed by atoms with Crippen molar-refractivity contribution in [3.63, 3.8) is 0 Å². The Bertz CT molecular complexity index is 293. The molecule has 0 aliphatic carbocycles. The molecule has 4 heteroatoms. The van der Waals surface area contributed by atoms with Crippen LogP contribution in [0.4, 0.5) is 0 Å². The Labute approximate surface area is 70.5 Å². The number of hydrogen-bond donors (Lipinski definition) is 2. The van der Waals surface area contributed by atoms with Crippen LogP contribution in [0.25, 0.3) is 0 Å². The van der Waals surface area contributed by atoms with Crippen molar-refractivity contribution in [1.29, 1.82) is 0 Å². The van der Waals surface area contributed by atoms with Gasteiger partial charge in [-0.25, -0.2) is 0 Å². The van der Waals surface area contributed by atoms with Crippen LogP contribution >= 0.6 is 0 Å². The van der Waals surface area contributed by atoms with Crippen molar-refractivity contribution in [2.24, 2.45) is 10.8 Å². The van der Waals surface area contributed by atoms with Crippen LogP contribution < -0.4 is 11.2 Å². The molecule has 0 fully saturated rings. The summed E-state index contributed by atoms with van der Waals surface area (Å²) in [6, 6.07) is 3.86. The maximum Gasteiger partial charge on any atom is 0.0965 e. The van der Waals surface area contributed by atoms with Crippen LogP contribution in [0.2, 0.25) is 0 Å². The Hall–Kier alpha value is -1.42. The second-order valence-corrected chi connectivity index (χ2v) is 2.73. The average Bonchev–Trinajstić information content (AvgIpc) is 2.54. The van der Waals surface area contributed by atoms with Crippen LogP contribution in [0.15, 0.2) is 29.6 Å². The highest BCUT2D eigenvalue weighted by Gasteiger charge is 2.14. The van der Waals surface area contributed by atoms with Crippen LogP contribution in [-0.2, 0) is 0 Å². The third kappa shape index (κ3) is 1.29. The van der Waals surface area contributed by atoms with E-state index >= 15 is 0 Å². The molecule has 0 radical (unpaired) electrons. The molecule has 2 rings (SSSR count). The molecule has 3 N–H and O–H groups in total. The molecule has 12 heavy (non-hydrogen) atoms. The Balaban J connectivity index is 2.22. The van der Waals surface area contributed by atoms with E-state index in [9.17, 15) is 0 Å². The van der Waals surface area contributed by atoms with Crippen molar-refractivity contribution < 1.29 is 0 Å². The van der Waals surface area contributed by atoms with Crippen molar-refractivity contribution >= 4 is 5.71 Å². The molecular formula is C8H10N4. The Morgan fingerprint density at radius 3 is 2.75 bits per heavy atom. The fourth-order valence-corrected chi connectivity index (χ4v) is 1.19. The number of nitrogens with zero attached hydrogens (tertiary/aromatic N) is 2. The Kier molecular flexibility index (Phi) is 1.75. The normalized spacial score (nSPS) is 21.8. The van der Waals surface area contributed by atoms with Crippen molar-refractivity contribution in [2.75, 3.05) is 0 Å². The molecule has 0 saturated carbocycles. The van der Waals surface area contributed by atoms with Gasteiger partial charge in [0.05, 0.1) is 11.9 Å². The van der Waals surface area contributed by atoms with Gasteiger partial charge in [-0.1, -0.05) is 0 Å². The van der Waals surface area contributed by atoms with Gasteiger partial charge in [0.25, 0.3) is 0 Å². The number of rotatable bonds is 1. The summed E-state index contributed by atoms with van der Waals surface area (Å²) in [5.41, 5.74) is 10.5. The molecule has 1 aromatic heterocycles. The van der Waals surface area contributed by atoms with Gasteiger partial charge in [0.2, 0.25) is 0 Å². The standard InChI is InChI=1S/C8H10N4/c9-8-5-7(11-12-8)6-1-3-10-4-2-6/h1-4,8,12H,5,9H2. The van der Waals surface area contributed by atoms with E-state index in [4.69, 9.17) is 5.73 Å². The lowest BCUT2D eigenvalue weighted by Gasteiger charge is -1.99. The Morgan fingerprint density at radius 2 is 2.17 bits per heavy atom. The molecule has 1 unspecified atom stereocenters. The number of hydrazone groups is 1. The molecule has 4 nitrogen and oxygen atoms in total. The van der Waals surface area contributed by atoms with Gasteiger partial charge < -0.3 is 5.73 Å². The van der Waals surface area contributed by atoms with Crippen LogP contribution in [-0.4, -0.2) is 16.9 Å². The summed E-state index contributed by atoms with van der Waals surface area (Å²) in [6.45, 7) is 0. The zero-order valence-electron chi connectivity index (χ0n) is 6.57. The first-order valence-corrected chi connectivity index (χ1v) is 3.84. The lowest BCUT2D eigenvalue weighted by molar-refractivity contribution is 0.609. The third-order valence-electron chi connectivity index (χ3n) is 1.79. The summed E-state index contributed by atoms with van der Waals surface area (Å²) in [6.07, 6.45) is 4.25. The minimum absolute atomic E-state index is 0.0341. The van der Waals surface area contributed by atoms with Gasteiger partial charge >= 0.3 is 0 Å². The molecule has 0 spiro atoms. The molecule has 0 aromatic carbocycles. The van der Waals surface area contributed by atoms with Gasteiger partial charge in [-0.3, -0.25) is 10.4 Å². The topological polar surface area (TPSA) is 63.3 Å². The summed E-state index contributed by atoms with van der Waals surface area (Å²) in [5, 5.41) is 4.10. The van der Waals surface area contributed by atoms with Crippen molar-refractivity contribution in [3.05, 3.63) is 30.1 Å². The zero-order valence-corrected chi connectivity index (χ0v) is 6.57. The van der Waals surface area contributed by atoms with Crippen LogP contribution in [0, 0.1) is 0 Å². The monoisotopic (exact) mass is 162 g/mol. The fraction of sp³-hybridized carbons (Fsp3) is 0.250. The molecule has 1 atom stereocenters. The van der Waals surface area contributed by atoms with Gasteiger partial charge in [0.1, 0.15) is 0 Å². The quantitative estimate of drug-likeness (QED) is 0.614. The number of pyridine rings is 1. The number of hydrogen-bond acceptors (Lipinski definition) is 4. The van der Waals surface area contributed by atoms with Gasteiger partial charge in [-0.05, 0) is 12.1 Å². The smallest absolute Gasteiger partial charge is 0.0965 e. The number of aromatic nitrogens is 1. The average molecular weight is 162 g/mol. The highest BCUT2D eigenvalue weighted by Crippen LogP contribution is 2.07. The van der Waals surface area contributed by atoms with Crippen molar-refractivity contribution in [1.82, 2.24) is 10.4 Å². The zero-order chi connectivity index (χ0) is 8.39. The van der Waals surface area contributed by atoms with Gasteiger partial charge in [-0.2, -0.15) is 5.10 Å². The minimum Gasteiger partial charge on any atom is -0.310 e. The van der Waals surface area contributed by atoms with E-state index in [1.54, 1.807) is 12.4 Å². The van der Waals surface area contributed by atoms with Crippen molar-refractivity contribution in [2.45, 2.75) is 12.6 Å². The van der Waals surface area contributed by atoms with E-state index in [0.717, 1.165) is 17.7 Å². The lowest BCUT2D eigenvalue weighted by atomic mass is 10.1. The van der Waals surface area contributed by atoms with E-state index in [0.29, 0.717) is 0 Å². The molecule has 0 bridgehead atoms.